The summed E-state index contributed by atoms with van der Waals surface area (Å²) < 4.78 is 0. The predicted molar refractivity (Wildman–Crippen MR) is 77.0 cm³/mol. The molecule has 0 radical (unpaired) electrons. The molecule has 1 aromatic heterocycles. The number of carboxylic acid groups (broad SMARTS) is 1. The van der Waals surface area contributed by atoms with Crippen LogP contribution in [-0.2, 0) is 0 Å². The van der Waals surface area contributed by atoms with Crippen molar-refractivity contribution in [3.05, 3.63) is 30.1 Å². The van der Waals surface area contributed by atoms with Gasteiger partial charge in [-0.15, -0.1) is 0 Å². The summed E-state index contributed by atoms with van der Waals surface area (Å²) in [5.41, 5.74) is 0.977. The number of fused-ring (bicyclic) bond motifs is 1. The van der Waals surface area contributed by atoms with Crippen molar-refractivity contribution in [3.8, 4) is 0 Å². The summed E-state index contributed by atoms with van der Waals surface area (Å²) in [6.07, 6.45) is 6.21. The summed E-state index contributed by atoms with van der Waals surface area (Å²) in [6, 6.07) is 4.96. The number of rotatable bonds is 3. The number of hydrogen-bond donors (Lipinski definition) is 2. The molecule has 0 bridgehead atoms. The van der Waals surface area contributed by atoms with E-state index in [1.165, 1.54) is 19.2 Å². The number of benzene rings is 1. The van der Waals surface area contributed by atoms with Gasteiger partial charge in [0.2, 0.25) is 0 Å². The minimum atomic E-state index is -0.942. The minimum Gasteiger partial charge on any atom is -0.478 e. The van der Waals surface area contributed by atoms with Crippen molar-refractivity contribution < 1.29 is 9.90 Å². The first-order chi connectivity index (χ1) is 9.57. The molecule has 1 fully saturated rings. The number of anilines is 1. The molecule has 2 N–H and O–H groups in total. The molecule has 0 unspecified atom stereocenters. The Kier molecular flexibility index (Phi) is 3.04. The van der Waals surface area contributed by atoms with Gasteiger partial charge in [0.25, 0.3) is 0 Å². The summed E-state index contributed by atoms with van der Waals surface area (Å²) >= 11 is 0. The molecule has 0 aliphatic heterocycles. The quantitative estimate of drug-likeness (QED) is 0.897. The molecule has 3 rings (SSSR count). The molecule has 1 saturated carbocycles. The highest BCUT2D eigenvalue weighted by Gasteiger charge is 2.29. The molecule has 0 atom stereocenters. The van der Waals surface area contributed by atoms with Gasteiger partial charge in [-0.2, -0.15) is 0 Å². The van der Waals surface area contributed by atoms with Crippen LogP contribution in [0.3, 0.4) is 0 Å². The standard InChI is InChI=1S/C15H17N3O2/c1-15(6-2-3-7-15)18-13-11-5-4-10(14(19)20)8-12(11)16-9-17-13/h4-5,8-9H,2-3,6-7H2,1H3,(H,19,20)(H,16,17,18). The van der Waals surface area contributed by atoms with Gasteiger partial charge in [-0.3, -0.25) is 0 Å². The predicted octanol–water partition coefficient (Wildman–Crippen LogP) is 3.07. The second-order valence-electron chi connectivity index (χ2n) is 5.65. The Labute approximate surface area is 117 Å². The van der Waals surface area contributed by atoms with Crippen LogP contribution in [0.5, 0.6) is 0 Å². The van der Waals surface area contributed by atoms with E-state index >= 15 is 0 Å². The van der Waals surface area contributed by atoms with Crippen LogP contribution < -0.4 is 5.32 Å². The lowest BCUT2D eigenvalue weighted by molar-refractivity contribution is 0.0697. The third kappa shape index (κ3) is 2.31. The van der Waals surface area contributed by atoms with Crippen molar-refractivity contribution in [3.63, 3.8) is 0 Å². The third-order valence-corrected chi connectivity index (χ3v) is 4.01. The Morgan fingerprint density at radius 3 is 2.75 bits per heavy atom. The molecule has 104 valence electrons. The number of aromatic carboxylic acids is 1. The zero-order valence-corrected chi connectivity index (χ0v) is 11.4. The zero-order chi connectivity index (χ0) is 14.2. The Hall–Kier alpha value is -2.17. The third-order valence-electron chi connectivity index (χ3n) is 4.01. The maximum Gasteiger partial charge on any atom is 0.335 e. The number of nitrogens with zero attached hydrogens (tertiary/aromatic N) is 2. The number of aromatic nitrogens is 2. The van der Waals surface area contributed by atoms with E-state index in [0.29, 0.717) is 5.52 Å². The molecule has 1 heterocycles. The molecule has 5 nitrogen and oxygen atoms in total. The van der Waals surface area contributed by atoms with Gasteiger partial charge in [-0.1, -0.05) is 12.8 Å². The zero-order valence-electron chi connectivity index (χ0n) is 11.4. The molecule has 2 aromatic rings. The monoisotopic (exact) mass is 271 g/mol. The molecule has 1 aromatic carbocycles. The highest BCUT2D eigenvalue weighted by atomic mass is 16.4. The van der Waals surface area contributed by atoms with Crippen molar-refractivity contribution in [2.45, 2.75) is 38.1 Å². The van der Waals surface area contributed by atoms with E-state index in [4.69, 9.17) is 5.11 Å². The first kappa shape index (κ1) is 12.8. The van der Waals surface area contributed by atoms with Crippen LogP contribution in [0.2, 0.25) is 0 Å². The van der Waals surface area contributed by atoms with Crippen LogP contribution in [0.1, 0.15) is 43.0 Å². The maximum absolute atomic E-state index is 11.0. The number of carbonyl (C=O) groups is 1. The van der Waals surface area contributed by atoms with Crippen molar-refractivity contribution in [1.29, 1.82) is 0 Å². The van der Waals surface area contributed by atoms with Crippen LogP contribution in [-0.4, -0.2) is 26.6 Å². The van der Waals surface area contributed by atoms with Gasteiger partial charge in [0.15, 0.2) is 0 Å². The summed E-state index contributed by atoms with van der Waals surface area (Å²) in [5, 5.41) is 13.4. The first-order valence-electron chi connectivity index (χ1n) is 6.84. The van der Waals surface area contributed by atoms with E-state index in [1.807, 2.05) is 0 Å². The number of nitrogens with one attached hydrogen (secondary N) is 1. The van der Waals surface area contributed by atoms with E-state index in [2.05, 4.69) is 22.2 Å². The van der Waals surface area contributed by atoms with Gasteiger partial charge in [-0.05, 0) is 38.0 Å². The van der Waals surface area contributed by atoms with Gasteiger partial charge in [0.05, 0.1) is 11.1 Å². The summed E-state index contributed by atoms with van der Waals surface area (Å²) in [7, 11) is 0. The van der Waals surface area contributed by atoms with Crippen LogP contribution in [0.25, 0.3) is 10.9 Å². The molecular weight excluding hydrogens is 254 g/mol. The van der Waals surface area contributed by atoms with Gasteiger partial charge < -0.3 is 10.4 Å². The highest BCUT2D eigenvalue weighted by molar-refractivity contribution is 5.96. The Morgan fingerprint density at radius 1 is 1.30 bits per heavy atom. The largest absolute Gasteiger partial charge is 0.478 e. The van der Waals surface area contributed by atoms with Crippen LogP contribution in [0.4, 0.5) is 5.82 Å². The molecule has 20 heavy (non-hydrogen) atoms. The lowest BCUT2D eigenvalue weighted by atomic mass is 10.0. The van der Waals surface area contributed by atoms with Crippen molar-refractivity contribution >= 4 is 22.7 Å². The topological polar surface area (TPSA) is 75.1 Å². The van der Waals surface area contributed by atoms with E-state index < -0.39 is 5.97 Å². The number of hydrogen-bond acceptors (Lipinski definition) is 4. The van der Waals surface area contributed by atoms with Crippen molar-refractivity contribution in [1.82, 2.24) is 9.97 Å². The van der Waals surface area contributed by atoms with Crippen molar-refractivity contribution in [2.24, 2.45) is 0 Å². The van der Waals surface area contributed by atoms with Crippen LogP contribution in [0.15, 0.2) is 24.5 Å². The molecule has 0 saturated heterocycles. The van der Waals surface area contributed by atoms with Gasteiger partial charge in [0.1, 0.15) is 12.1 Å². The molecule has 5 heteroatoms. The fraction of sp³-hybridized carbons (Fsp3) is 0.400. The normalized spacial score (nSPS) is 17.2. The van der Waals surface area contributed by atoms with Crippen LogP contribution >= 0.6 is 0 Å². The fourth-order valence-electron chi connectivity index (χ4n) is 2.86. The van der Waals surface area contributed by atoms with Gasteiger partial charge >= 0.3 is 5.97 Å². The average molecular weight is 271 g/mol. The molecular formula is C15H17N3O2. The highest BCUT2D eigenvalue weighted by Crippen LogP contribution is 2.33. The average Bonchev–Trinajstić information content (AvgIpc) is 2.85. The van der Waals surface area contributed by atoms with E-state index in [0.717, 1.165) is 24.0 Å². The molecule has 0 spiro atoms. The fourth-order valence-corrected chi connectivity index (χ4v) is 2.86. The second kappa shape index (κ2) is 4.74. The Bertz CT molecular complexity index is 663. The van der Waals surface area contributed by atoms with E-state index in [1.54, 1.807) is 18.2 Å². The van der Waals surface area contributed by atoms with Crippen LogP contribution in [0, 0.1) is 0 Å². The van der Waals surface area contributed by atoms with E-state index in [-0.39, 0.29) is 11.1 Å². The second-order valence-corrected chi connectivity index (χ2v) is 5.65. The summed E-state index contributed by atoms with van der Waals surface area (Å²) in [6.45, 7) is 2.21. The SMILES string of the molecule is CC1(Nc2ncnc3cc(C(=O)O)ccc23)CCCC1. The summed E-state index contributed by atoms with van der Waals surface area (Å²) in [4.78, 5) is 19.5. The lowest BCUT2D eigenvalue weighted by Crippen LogP contribution is -2.31. The number of carboxylic acids is 1. The first-order valence-corrected chi connectivity index (χ1v) is 6.84. The molecule has 1 aliphatic rings. The Balaban J connectivity index is 2.01. The van der Waals surface area contributed by atoms with Gasteiger partial charge in [0, 0.05) is 10.9 Å². The minimum absolute atomic E-state index is 0.0761. The Morgan fingerprint density at radius 2 is 2.05 bits per heavy atom. The van der Waals surface area contributed by atoms with Crippen molar-refractivity contribution in [2.75, 3.05) is 5.32 Å². The summed E-state index contributed by atoms with van der Waals surface area (Å²) in [5.74, 6) is -0.154. The van der Waals surface area contributed by atoms with Gasteiger partial charge in [-0.25, -0.2) is 14.8 Å². The smallest absolute Gasteiger partial charge is 0.335 e. The molecule has 0 amide bonds. The van der Waals surface area contributed by atoms with E-state index in [9.17, 15) is 4.79 Å². The maximum atomic E-state index is 11.0. The molecule has 1 aliphatic carbocycles. The lowest BCUT2D eigenvalue weighted by Gasteiger charge is -2.26.